The van der Waals surface area contributed by atoms with Crippen molar-refractivity contribution in [2.24, 2.45) is 5.92 Å². The minimum atomic E-state index is -1.22. The third-order valence-electron chi connectivity index (χ3n) is 2.68. The van der Waals surface area contributed by atoms with E-state index in [0.29, 0.717) is 0 Å². The van der Waals surface area contributed by atoms with E-state index in [9.17, 15) is 14.4 Å². The Morgan fingerprint density at radius 3 is 2.67 bits per heavy atom. The van der Waals surface area contributed by atoms with Crippen LogP contribution in [0.5, 0.6) is 0 Å². The number of carbonyl (C=O) groups is 3. The maximum absolute atomic E-state index is 11.8. The molecule has 21 heavy (non-hydrogen) atoms. The number of furan rings is 1. The lowest BCUT2D eigenvalue weighted by Crippen LogP contribution is -2.40. The highest BCUT2D eigenvalue weighted by atomic mass is 16.5. The van der Waals surface area contributed by atoms with Crippen LogP contribution in [0.1, 0.15) is 18.7 Å². The number of ketones is 1. The molecule has 1 rings (SSSR count). The van der Waals surface area contributed by atoms with E-state index in [1.165, 1.54) is 25.3 Å². The standard InChI is InChI=1S/C14H17NO6/c1-4-7-21-14(18)15-12(10-6-5-8-20-10)11(9(2)16)13(17)19-3/h4-6,8,11-12H,1,7H2,2-3H3,(H,15,18)/t11?,12-/m0/s1. The molecule has 0 radical (unpaired) electrons. The van der Waals surface area contributed by atoms with Crippen molar-refractivity contribution < 1.29 is 28.3 Å². The predicted molar refractivity (Wildman–Crippen MR) is 72.3 cm³/mol. The van der Waals surface area contributed by atoms with Crippen LogP contribution in [0.4, 0.5) is 4.79 Å². The number of hydrogen-bond donors (Lipinski definition) is 1. The van der Waals surface area contributed by atoms with E-state index in [0.717, 1.165) is 7.11 Å². The Kier molecular flexibility index (Phi) is 6.19. The van der Waals surface area contributed by atoms with Crippen LogP contribution in [-0.2, 0) is 19.1 Å². The quantitative estimate of drug-likeness (QED) is 0.466. The van der Waals surface area contributed by atoms with Gasteiger partial charge >= 0.3 is 12.1 Å². The van der Waals surface area contributed by atoms with E-state index in [1.807, 2.05) is 0 Å². The average molecular weight is 295 g/mol. The van der Waals surface area contributed by atoms with Crippen LogP contribution in [-0.4, -0.2) is 31.6 Å². The maximum Gasteiger partial charge on any atom is 0.408 e. The van der Waals surface area contributed by atoms with Crippen LogP contribution in [0.25, 0.3) is 0 Å². The number of rotatable bonds is 7. The van der Waals surface area contributed by atoms with Crippen molar-refractivity contribution >= 4 is 17.8 Å². The molecule has 2 atom stereocenters. The van der Waals surface area contributed by atoms with Crippen molar-refractivity contribution in [3.8, 4) is 0 Å². The van der Waals surface area contributed by atoms with Crippen LogP contribution in [0.3, 0.4) is 0 Å². The van der Waals surface area contributed by atoms with Crippen LogP contribution < -0.4 is 5.32 Å². The second-order valence-electron chi connectivity index (χ2n) is 4.14. The second-order valence-corrected chi connectivity index (χ2v) is 4.14. The van der Waals surface area contributed by atoms with Gasteiger partial charge in [0.2, 0.25) is 0 Å². The van der Waals surface area contributed by atoms with E-state index < -0.39 is 29.8 Å². The Balaban J connectivity index is 3.01. The highest BCUT2D eigenvalue weighted by molar-refractivity contribution is 5.99. The fraction of sp³-hybridized carbons (Fsp3) is 0.357. The third kappa shape index (κ3) is 4.48. The number of esters is 1. The van der Waals surface area contributed by atoms with Gasteiger partial charge in [-0.05, 0) is 19.1 Å². The minimum Gasteiger partial charge on any atom is -0.468 e. The Hall–Kier alpha value is -2.57. The third-order valence-corrected chi connectivity index (χ3v) is 2.68. The van der Waals surface area contributed by atoms with Crippen LogP contribution in [0, 0.1) is 5.92 Å². The monoisotopic (exact) mass is 295 g/mol. The molecule has 1 N–H and O–H groups in total. The van der Waals surface area contributed by atoms with Gasteiger partial charge in [-0.3, -0.25) is 9.59 Å². The van der Waals surface area contributed by atoms with Gasteiger partial charge in [-0.15, -0.1) is 0 Å². The highest BCUT2D eigenvalue weighted by Gasteiger charge is 2.37. The zero-order chi connectivity index (χ0) is 15.8. The van der Waals surface area contributed by atoms with Gasteiger partial charge in [0.15, 0.2) is 0 Å². The van der Waals surface area contributed by atoms with Gasteiger partial charge in [0.05, 0.1) is 13.4 Å². The second kappa shape index (κ2) is 7.88. The van der Waals surface area contributed by atoms with Gasteiger partial charge in [-0.25, -0.2) is 4.79 Å². The summed E-state index contributed by atoms with van der Waals surface area (Å²) in [7, 11) is 1.16. The van der Waals surface area contributed by atoms with Crippen molar-refractivity contribution in [1.29, 1.82) is 0 Å². The Morgan fingerprint density at radius 1 is 1.48 bits per heavy atom. The summed E-state index contributed by atoms with van der Waals surface area (Å²) in [5, 5.41) is 2.43. The lowest BCUT2D eigenvalue weighted by atomic mass is 9.94. The van der Waals surface area contributed by atoms with E-state index in [4.69, 9.17) is 9.15 Å². The number of methoxy groups -OCH3 is 1. The zero-order valence-corrected chi connectivity index (χ0v) is 11.8. The van der Waals surface area contributed by atoms with Gasteiger partial charge in [-0.1, -0.05) is 12.7 Å². The summed E-state index contributed by atoms with van der Waals surface area (Å²) in [6.07, 6.45) is 1.96. The molecule has 1 aromatic heterocycles. The van der Waals surface area contributed by atoms with Crippen molar-refractivity contribution in [3.05, 3.63) is 36.8 Å². The van der Waals surface area contributed by atoms with Crippen LogP contribution >= 0.6 is 0 Å². The van der Waals surface area contributed by atoms with Gasteiger partial charge < -0.3 is 19.2 Å². The number of Topliss-reactive ketones (excluding diaryl/α,β-unsaturated/α-hetero) is 1. The molecule has 0 saturated carbocycles. The zero-order valence-electron chi connectivity index (χ0n) is 11.8. The molecule has 0 aromatic carbocycles. The molecular formula is C14H17NO6. The topological polar surface area (TPSA) is 94.8 Å². The van der Waals surface area contributed by atoms with Crippen LogP contribution in [0.15, 0.2) is 35.5 Å². The normalized spacial score (nSPS) is 12.9. The lowest BCUT2D eigenvalue weighted by molar-refractivity contribution is -0.150. The Bertz CT molecular complexity index is 508. The molecule has 0 fully saturated rings. The first kappa shape index (κ1) is 16.5. The summed E-state index contributed by atoms with van der Waals surface area (Å²) in [4.78, 5) is 35.2. The van der Waals surface area contributed by atoms with Gasteiger partial charge in [0.1, 0.15) is 30.1 Å². The van der Waals surface area contributed by atoms with E-state index in [2.05, 4.69) is 16.6 Å². The smallest absolute Gasteiger partial charge is 0.408 e. The first-order chi connectivity index (χ1) is 10.0. The average Bonchev–Trinajstić information content (AvgIpc) is 2.97. The Labute approximate surface area is 121 Å². The van der Waals surface area contributed by atoms with Crippen molar-refractivity contribution in [1.82, 2.24) is 5.32 Å². The molecule has 7 heteroatoms. The lowest BCUT2D eigenvalue weighted by Gasteiger charge is -2.22. The molecule has 0 spiro atoms. The molecule has 1 unspecified atom stereocenters. The van der Waals surface area contributed by atoms with Gasteiger partial charge in [0, 0.05) is 0 Å². The number of nitrogens with one attached hydrogen (secondary N) is 1. The van der Waals surface area contributed by atoms with E-state index in [-0.39, 0.29) is 12.4 Å². The molecule has 0 bridgehead atoms. The van der Waals surface area contributed by atoms with Crippen LogP contribution in [0.2, 0.25) is 0 Å². The fourth-order valence-electron chi connectivity index (χ4n) is 1.75. The van der Waals surface area contributed by atoms with Gasteiger partial charge in [-0.2, -0.15) is 0 Å². The molecule has 1 heterocycles. The molecule has 7 nitrogen and oxygen atoms in total. The van der Waals surface area contributed by atoms with Crippen molar-refractivity contribution in [3.63, 3.8) is 0 Å². The number of amides is 1. The number of ether oxygens (including phenoxy) is 2. The molecule has 0 aliphatic heterocycles. The van der Waals surface area contributed by atoms with Crippen molar-refractivity contribution in [2.45, 2.75) is 13.0 Å². The summed E-state index contributed by atoms with van der Waals surface area (Å²) < 4.78 is 14.6. The molecule has 1 amide bonds. The molecular weight excluding hydrogens is 278 g/mol. The van der Waals surface area contributed by atoms with Gasteiger partial charge in [0.25, 0.3) is 0 Å². The summed E-state index contributed by atoms with van der Waals surface area (Å²) in [6.45, 7) is 4.64. The minimum absolute atomic E-state index is 0.000327. The molecule has 0 saturated heterocycles. The SMILES string of the molecule is C=CCOC(=O)N[C@@H](c1ccco1)C(C(C)=O)C(=O)OC. The molecule has 1 aromatic rings. The number of hydrogen-bond acceptors (Lipinski definition) is 6. The first-order valence-electron chi connectivity index (χ1n) is 6.17. The maximum atomic E-state index is 11.8. The first-order valence-corrected chi connectivity index (χ1v) is 6.17. The largest absolute Gasteiger partial charge is 0.468 e. The summed E-state index contributed by atoms with van der Waals surface area (Å²) in [5.41, 5.74) is 0. The summed E-state index contributed by atoms with van der Waals surface area (Å²) in [5.74, 6) is -2.21. The molecule has 0 aliphatic rings. The highest BCUT2D eigenvalue weighted by Crippen LogP contribution is 2.25. The van der Waals surface area contributed by atoms with E-state index in [1.54, 1.807) is 6.07 Å². The Morgan fingerprint density at radius 2 is 2.19 bits per heavy atom. The summed E-state index contributed by atoms with van der Waals surface area (Å²) >= 11 is 0. The fourth-order valence-corrected chi connectivity index (χ4v) is 1.75. The molecule has 114 valence electrons. The molecule has 0 aliphatic carbocycles. The predicted octanol–water partition coefficient (Wildman–Crippen LogP) is 1.61. The number of carbonyl (C=O) groups excluding carboxylic acids is 3. The summed E-state index contributed by atoms with van der Waals surface area (Å²) in [6, 6.07) is 2.10. The van der Waals surface area contributed by atoms with Crippen molar-refractivity contribution in [2.75, 3.05) is 13.7 Å². The number of alkyl carbamates (subject to hydrolysis) is 1. The van der Waals surface area contributed by atoms with E-state index >= 15 is 0 Å².